The number of carbonyl (C=O) groups is 2. The Bertz CT molecular complexity index is 789. The predicted octanol–water partition coefficient (Wildman–Crippen LogP) is 3.46. The van der Waals surface area contributed by atoms with Crippen LogP contribution in [0.2, 0.25) is 0 Å². The number of carbonyl (C=O) groups excluding carboxylic acids is 1. The van der Waals surface area contributed by atoms with Crippen molar-refractivity contribution in [2.24, 2.45) is 17.3 Å². The summed E-state index contributed by atoms with van der Waals surface area (Å²) in [6.07, 6.45) is 0.584. The van der Waals surface area contributed by atoms with E-state index < -0.39 is 5.97 Å². The molecule has 0 radical (unpaired) electrons. The van der Waals surface area contributed by atoms with Gasteiger partial charge in [-0.15, -0.1) is 10.2 Å². The molecule has 2 aromatic rings. The Balaban J connectivity index is 1.55. The first kappa shape index (κ1) is 18.3. The van der Waals surface area contributed by atoms with Gasteiger partial charge in [0.2, 0.25) is 0 Å². The zero-order valence-electron chi connectivity index (χ0n) is 14.9. The average molecular weight is 374 g/mol. The van der Waals surface area contributed by atoms with Gasteiger partial charge in [0.1, 0.15) is 10.5 Å². The lowest BCUT2D eigenvalue weighted by molar-refractivity contribution is -0.160. The van der Waals surface area contributed by atoms with Gasteiger partial charge in [-0.05, 0) is 48.9 Å². The summed E-state index contributed by atoms with van der Waals surface area (Å²) < 4.78 is 0. The largest absolute Gasteiger partial charge is 0.481 e. The molecule has 2 amide bonds. The van der Waals surface area contributed by atoms with Crippen LogP contribution in [0, 0.1) is 17.3 Å². The molecule has 1 heterocycles. The van der Waals surface area contributed by atoms with Gasteiger partial charge >= 0.3 is 12.0 Å². The number of carboxylic acids is 1. The van der Waals surface area contributed by atoms with Crippen molar-refractivity contribution in [3.8, 4) is 10.6 Å². The Morgan fingerprint density at radius 2 is 2.00 bits per heavy atom. The highest BCUT2D eigenvalue weighted by atomic mass is 32.1. The number of nitrogens with zero attached hydrogens (tertiary/aromatic N) is 2. The maximum absolute atomic E-state index is 12.2. The Morgan fingerprint density at radius 1 is 1.31 bits per heavy atom. The summed E-state index contributed by atoms with van der Waals surface area (Å²) in [5.41, 5.74) is 2.97. The molecule has 0 saturated heterocycles. The minimum Gasteiger partial charge on any atom is -0.481 e. The van der Waals surface area contributed by atoms with E-state index in [1.54, 1.807) is 5.51 Å². The zero-order valence-corrected chi connectivity index (χ0v) is 15.7. The third-order valence-electron chi connectivity index (χ3n) is 5.35. The van der Waals surface area contributed by atoms with Gasteiger partial charge < -0.3 is 15.7 Å². The normalized spacial score (nSPS) is 22.1. The standard InChI is InChI=1S/C18H22N4O3S/c1-10(13-8-14(16(23)24)18(13,2)3)20-17(25)21-12-6-4-11(5-7-12)15-22-19-9-26-15/h4-7,9-10,13-14H,8H2,1-3H3,(H,23,24)(H2,20,21,25)/t10?,13-,14+/m0/s1. The van der Waals surface area contributed by atoms with Gasteiger partial charge in [-0.25, -0.2) is 4.79 Å². The van der Waals surface area contributed by atoms with Crippen LogP contribution in [0.4, 0.5) is 10.5 Å². The minimum atomic E-state index is -0.765. The molecular formula is C18H22N4O3S. The lowest BCUT2D eigenvalue weighted by Crippen LogP contribution is -2.57. The Labute approximate surface area is 155 Å². The second kappa shape index (κ2) is 7.03. The summed E-state index contributed by atoms with van der Waals surface area (Å²) in [7, 11) is 0. The molecule has 1 aromatic carbocycles. The summed E-state index contributed by atoms with van der Waals surface area (Å²) in [4.78, 5) is 23.5. The van der Waals surface area contributed by atoms with Crippen LogP contribution in [-0.4, -0.2) is 33.3 Å². The number of urea groups is 1. The molecule has 0 spiro atoms. The molecular weight excluding hydrogens is 352 g/mol. The lowest BCUT2D eigenvalue weighted by Gasteiger charge is -2.52. The molecule has 3 atom stereocenters. The highest BCUT2D eigenvalue weighted by molar-refractivity contribution is 7.12. The maximum atomic E-state index is 12.2. The number of aromatic nitrogens is 2. The smallest absolute Gasteiger partial charge is 0.319 e. The summed E-state index contributed by atoms with van der Waals surface area (Å²) >= 11 is 1.45. The van der Waals surface area contributed by atoms with Crippen molar-refractivity contribution < 1.29 is 14.7 Å². The van der Waals surface area contributed by atoms with Crippen molar-refractivity contribution in [2.45, 2.75) is 33.2 Å². The minimum absolute atomic E-state index is 0.110. The van der Waals surface area contributed by atoms with Crippen LogP contribution in [0.1, 0.15) is 27.2 Å². The summed E-state index contributed by atoms with van der Waals surface area (Å²) in [6, 6.07) is 6.98. The SMILES string of the molecule is CC(NC(=O)Nc1ccc(-c2nncs2)cc1)[C@@H]1C[C@H](C(=O)O)C1(C)C. The van der Waals surface area contributed by atoms with E-state index in [-0.39, 0.29) is 29.3 Å². The predicted molar refractivity (Wildman–Crippen MR) is 100.0 cm³/mol. The first-order valence-electron chi connectivity index (χ1n) is 8.46. The van der Waals surface area contributed by atoms with Crippen LogP contribution in [-0.2, 0) is 4.79 Å². The fraction of sp³-hybridized carbons (Fsp3) is 0.444. The molecule has 1 aliphatic rings. The monoisotopic (exact) mass is 374 g/mol. The molecule has 1 fully saturated rings. The number of hydrogen-bond acceptors (Lipinski definition) is 5. The molecule has 1 unspecified atom stereocenters. The van der Waals surface area contributed by atoms with Gasteiger partial charge in [0.05, 0.1) is 5.92 Å². The molecule has 3 rings (SSSR count). The van der Waals surface area contributed by atoms with Crippen molar-refractivity contribution >= 4 is 29.0 Å². The molecule has 1 saturated carbocycles. The van der Waals surface area contributed by atoms with Crippen molar-refractivity contribution in [3.63, 3.8) is 0 Å². The lowest BCUT2D eigenvalue weighted by atomic mass is 9.53. The fourth-order valence-electron chi connectivity index (χ4n) is 3.70. The summed E-state index contributed by atoms with van der Waals surface area (Å²) in [6.45, 7) is 5.81. The Hall–Kier alpha value is -2.48. The van der Waals surface area contributed by atoms with Crippen LogP contribution >= 0.6 is 11.3 Å². The number of benzene rings is 1. The van der Waals surface area contributed by atoms with Crippen LogP contribution in [0.3, 0.4) is 0 Å². The number of amides is 2. The topological polar surface area (TPSA) is 104 Å². The molecule has 138 valence electrons. The first-order chi connectivity index (χ1) is 12.3. The maximum Gasteiger partial charge on any atom is 0.319 e. The van der Waals surface area contributed by atoms with E-state index in [0.717, 1.165) is 10.6 Å². The van der Waals surface area contributed by atoms with Crippen LogP contribution in [0.5, 0.6) is 0 Å². The summed E-state index contributed by atoms with van der Waals surface area (Å²) in [5.74, 6) is -0.986. The Morgan fingerprint density at radius 3 is 2.54 bits per heavy atom. The molecule has 26 heavy (non-hydrogen) atoms. The molecule has 1 aliphatic carbocycles. The van der Waals surface area contributed by atoms with Gasteiger partial charge in [-0.2, -0.15) is 0 Å². The van der Waals surface area contributed by atoms with E-state index in [1.165, 1.54) is 11.3 Å². The number of nitrogens with one attached hydrogen (secondary N) is 2. The number of rotatable bonds is 5. The van der Waals surface area contributed by atoms with Crippen LogP contribution < -0.4 is 10.6 Å². The highest BCUT2D eigenvalue weighted by Gasteiger charge is 2.53. The van der Waals surface area contributed by atoms with Crippen molar-refractivity contribution in [3.05, 3.63) is 29.8 Å². The second-order valence-corrected chi connectivity index (χ2v) is 8.10. The third-order valence-corrected chi connectivity index (χ3v) is 6.09. The van der Waals surface area contributed by atoms with E-state index in [2.05, 4.69) is 20.8 Å². The van der Waals surface area contributed by atoms with Gasteiger partial charge in [0.15, 0.2) is 0 Å². The van der Waals surface area contributed by atoms with Gasteiger partial charge in [-0.1, -0.05) is 25.2 Å². The number of anilines is 1. The quantitative estimate of drug-likeness (QED) is 0.743. The van der Waals surface area contributed by atoms with Gasteiger partial charge in [0, 0.05) is 17.3 Å². The van der Waals surface area contributed by atoms with Crippen LogP contribution in [0.15, 0.2) is 29.8 Å². The average Bonchev–Trinajstić information content (AvgIpc) is 3.08. The molecule has 1 aromatic heterocycles. The Kier molecular flexibility index (Phi) is 4.95. The van der Waals surface area contributed by atoms with Gasteiger partial charge in [0.25, 0.3) is 0 Å². The number of carboxylic acid groups (broad SMARTS) is 1. The van der Waals surface area contributed by atoms with Crippen LogP contribution in [0.25, 0.3) is 10.6 Å². The third kappa shape index (κ3) is 3.55. The van der Waals surface area contributed by atoms with Crippen molar-refractivity contribution in [1.82, 2.24) is 15.5 Å². The fourth-order valence-corrected chi connectivity index (χ4v) is 4.26. The molecule has 7 nitrogen and oxygen atoms in total. The highest BCUT2D eigenvalue weighted by Crippen LogP contribution is 2.52. The molecule has 3 N–H and O–H groups in total. The van der Waals surface area contributed by atoms with Crippen molar-refractivity contribution in [2.75, 3.05) is 5.32 Å². The number of hydrogen-bond donors (Lipinski definition) is 3. The van der Waals surface area contributed by atoms with E-state index >= 15 is 0 Å². The molecule has 0 aliphatic heterocycles. The van der Waals surface area contributed by atoms with E-state index in [0.29, 0.717) is 12.1 Å². The van der Waals surface area contributed by atoms with Gasteiger partial charge in [-0.3, -0.25) is 4.79 Å². The summed E-state index contributed by atoms with van der Waals surface area (Å²) in [5, 5.41) is 23.6. The second-order valence-electron chi connectivity index (χ2n) is 7.26. The molecule has 8 heteroatoms. The first-order valence-corrected chi connectivity index (χ1v) is 9.34. The molecule has 0 bridgehead atoms. The van der Waals surface area contributed by atoms with E-state index in [1.807, 2.05) is 45.0 Å². The number of aliphatic carboxylic acids is 1. The van der Waals surface area contributed by atoms with Crippen molar-refractivity contribution in [1.29, 1.82) is 0 Å². The zero-order chi connectivity index (χ0) is 18.9. The van der Waals surface area contributed by atoms with E-state index in [4.69, 9.17) is 0 Å². The van der Waals surface area contributed by atoms with E-state index in [9.17, 15) is 14.7 Å².